The maximum absolute atomic E-state index is 12.7. The summed E-state index contributed by atoms with van der Waals surface area (Å²) in [6.07, 6.45) is 2.29. The van der Waals surface area contributed by atoms with Crippen LogP contribution in [0.15, 0.2) is 77.3 Å². The molecule has 2 aromatic carbocycles. The smallest absolute Gasteiger partial charge is 0.255 e. The summed E-state index contributed by atoms with van der Waals surface area (Å²) < 4.78 is 29.5. The van der Waals surface area contributed by atoms with E-state index in [0.29, 0.717) is 24.2 Å². The monoisotopic (exact) mass is 481 g/mol. The van der Waals surface area contributed by atoms with Gasteiger partial charge < -0.3 is 9.88 Å². The Kier molecular flexibility index (Phi) is 6.97. The van der Waals surface area contributed by atoms with Gasteiger partial charge in [0.25, 0.3) is 5.91 Å². The molecule has 1 amide bonds. The SMILES string of the molecule is CCn1cnnc1-c1cccc(NC(=O)c2ccc(S(=O)(=O)NCCc3cccs3)cc2)c1. The molecule has 2 aromatic heterocycles. The van der Waals surface area contributed by atoms with Crippen LogP contribution in [0.5, 0.6) is 0 Å². The molecule has 0 aliphatic rings. The van der Waals surface area contributed by atoms with E-state index in [-0.39, 0.29) is 10.8 Å². The molecule has 8 nitrogen and oxygen atoms in total. The van der Waals surface area contributed by atoms with Crippen molar-refractivity contribution in [2.24, 2.45) is 0 Å². The minimum atomic E-state index is -3.64. The molecule has 2 N–H and O–H groups in total. The van der Waals surface area contributed by atoms with E-state index in [1.807, 2.05) is 47.2 Å². The van der Waals surface area contributed by atoms with Crippen LogP contribution in [0.3, 0.4) is 0 Å². The summed E-state index contributed by atoms with van der Waals surface area (Å²) in [5.41, 5.74) is 1.80. The molecule has 0 aliphatic carbocycles. The fourth-order valence-corrected chi connectivity index (χ4v) is 5.02. The van der Waals surface area contributed by atoms with E-state index >= 15 is 0 Å². The van der Waals surface area contributed by atoms with Gasteiger partial charge in [-0.15, -0.1) is 21.5 Å². The predicted octanol–water partition coefficient (Wildman–Crippen LogP) is 3.80. The molecule has 0 radical (unpaired) electrons. The lowest BCUT2D eigenvalue weighted by molar-refractivity contribution is 0.102. The number of carbonyl (C=O) groups excluding carboxylic acids is 1. The molecule has 0 saturated heterocycles. The number of rotatable bonds is 9. The van der Waals surface area contributed by atoms with Gasteiger partial charge in [-0.3, -0.25) is 4.79 Å². The number of aryl methyl sites for hydroxylation is 1. The van der Waals surface area contributed by atoms with E-state index < -0.39 is 10.0 Å². The highest BCUT2D eigenvalue weighted by atomic mass is 32.2. The molecule has 170 valence electrons. The van der Waals surface area contributed by atoms with E-state index in [1.54, 1.807) is 23.7 Å². The van der Waals surface area contributed by atoms with Crippen molar-refractivity contribution >= 4 is 33.0 Å². The Morgan fingerprint density at radius 1 is 1.09 bits per heavy atom. The number of thiophene rings is 1. The number of hydrogen-bond donors (Lipinski definition) is 2. The predicted molar refractivity (Wildman–Crippen MR) is 129 cm³/mol. The Hall–Kier alpha value is -3.34. The van der Waals surface area contributed by atoms with Gasteiger partial charge in [0.1, 0.15) is 6.33 Å². The summed E-state index contributed by atoms with van der Waals surface area (Å²) in [7, 11) is -3.64. The van der Waals surface area contributed by atoms with E-state index in [1.165, 1.54) is 24.3 Å². The van der Waals surface area contributed by atoms with Gasteiger partial charge in [-0.1, -0.05) is 18.2 Å². The lowest BCUT2D eigenvalue weighted by Crippen LogP contribution is -2.26. The molecule has 2 heterocycles. The second-order valence-corrected chi connectivity index (χ2v) is 10.0. The minimum Gasteiger partial charge on any atom is -0.322 e. The van der Waals surface area contributed by atoms with Crippen LogP contribution in [-0.4, -0.2) is 35.6 Å². The van der Waals surface area contributed by atoms with Crippen molar-refractivity contribution in [3.05, 3.63) is 82.8 Å². The molecule has 0 aliphatic heterocycles. The number of carbonyl (C=O) groups is 1. The molecule has 0 unspecified atom stereocenters. The van der Waals surface area contributed by atoms with Crippen molar-refractivity contribution in [1.29, 1.82) is 0 Å². The molecule has 4 rings (SSSR count). The quantitative estimate of drug-likeness (QED) is 0.378. The highest BCUT2D eigenvalue weighted by molar-refractivity contribution is 7.89. The van der Waals surface area contributed by atoms with E-state index in [2.05, 4.69) is 20.2 Å². The zero-order valence-electron chi connectivity index (χ0n) is 17.9. The molecule has 0 spiro atoms. The van der Waals surface area contributed by atoms with Gasteiger partial charge in [-0.25, -0.2) is 13.1 Å². The van der Waals surface area contributed by atoms with E-state index in [4.69, 9.17) is 0 Å². The van der Waals surface area contributed by atoms with Crippen LogP contribution in [0, 0.1) is 0 Å². The Balaban J connectivity index is 1.41. The second kappa shape index (κ2) is 10.1. The summed E-state index contributed by atoms with van der Waals surface area (Å²) in [6.45, 7) is 3.05. The van der Waals surface area contributed by atoms with Crippen molar-refractivity contribution in [3.63, 3.8) is 0 Å². The third-order valence-corrected chi connectivity index (χ3v) is 7.42. The highest BCUT2D eigenvalue weighted by Gasteiger charge is 2.15. The Bertz CT molecular complexity index is 1330. The van der Waals surface area contributed by atoms with Gasteiger partial charge in [0.05, 0.1) is 4.90 Å². The maximum Gasteiger partial charge on any atom is 0.255 e. The first kappa shape index (κ1) is 22.8. The molecule has 0 atom stereocenters. The van der Waals surface area contributed by atoms with Crippen molar-refractivity contribution in [2.75, 3.05) is 11.9 Å². The zero-order chi connectivity index (χ0) is 23.3. The number of nitrogens with one attached hydrogen (secondary N) is 2. The van der Waals surface area contributed by atoms with Gasteiger partial charge in [0, 0.05) is 34.8 Å². The van der Waals surface area contributed by atoms with Crippen molar-refractivity contribution in [3.8, 4) is 11.4 Å². The van der Waals surface area contributed by atoms with E-state index in [9.17, 15) is 13.2 Å². The summed E-state index contributed by atoms with van der Waals surface area (Å²) in [4.78, 5) is 13.9. The number of hydrogen-bond acceptors (Lipinski definition) is 6. The van der Waals surface area contributed by atoms with Gasteiger partial charge in [-0.05, 0) is 61.2 Å². The number of sulfonamides is 1. The van der Waals surface area contributed by atoms with Crippen LogP contribution >= 0.6 is 11.3 Å². The molecule has 10 heteroatoms. The van der Waals surface area contributed by atoms with Crippen LogP contribution in [-0.2, 0) is 23.0 Å². The van der Waals surface area contributed by atoms with Crippen molar-refractivity contribution in [2.45, 2.75) is 24.8 Å². The standard InChI is InChI=1S/C23H23N5O3S2/c1-2-28-16-24-27-22(28)18-5-3-6-19(15-18)26-23(29)17-8-10-21(11-9-17)33(30,31)25-13-12-20-7-4-14-32-20/h3-11,14-16,25H,2,12-13H2,1H3,(H,26,29). The number of benzene rings is 2. The highest BCUT2D eigenvalue weighted by Crippen LogP contribution is 2.21. The minimum absolute atomic E-state index is 0.117. The van der Waals surface area contributed by atoms with Crippen molar-refractivity contribution in [1.82, 2.24) is 19.5 Å². The number of aromatic nitrogens is 3. The zero-order valence-corrected chi connectivity index (χ0v) is 19.6. The summed E-state index contributed by atoms with van der Waals surface area (Å²) in [5.74, 6) is 0.383. The molecule has 0 bridgehead atoms. The van der Waals surface area contributed by atoms with Crippen LogP contribution in [0.4, 0.5) is 5.69 Å². The Labute approximate surface area is 196 Å². The molecule has 0 saturated carbocycles. The third-order valence-electron chi connectivity index (χ3n) is 5.01. The average Bonchev–Trinajstić information content (AvgIpc) is 3.51. The lowest BCUT2D eigenvalue weighted by atomic mass is 10.1. The normalized spacial score (nSPS) is 11.4. The van der Waals surface area contributed by atoms with Crippen LogP contribution in [0.25, 0.3) is 11.4 Å². The number of anilines is 1. The average molecular weight is 482 g/mol. The van der Waals surface area contributed by atoms with E-state index in [0.717, 1.165) is 22.8 Å². The molecule has 33 heavy (non-hydrogen) atoms. The van der Waals surface area contributed by atoms with Crippen molar-refractivity contribution < 1.29 is 13.2 Å². The molecular weight excluding hydrogens is 458 g/mol. The molecule has 0 fully saturated rings. The molecular formula is C23H23N5O3S2. The third kappa shape index (κ3) is 5.54. The van der Waals surface area contributed by atoms with Gasteiger partial charge in [0.2, 0.25) is 10.0 Å². The topological polar surface area (TPSA) is 106 Å². The fourth-order valence-electron chi connectivity index (χ4n) is 3.28. The second-order valence-electron chi connectivity index (χ2n) is 7.23. The summed E-state index contributed by atoms with van der Waals surface area (Å²) >= 11 is 1.59. The van der Waals surface area contributed by atoms with Crippen LogP contribution in [0.1, 0.15) is 22.2 Å². The van der Waals surface area contributed by atoms with Crippen LogP contribution < -0.4 is 10.0 Å². The Morgan fingerprint density at radius 3 is 2.64 bits per heavy atom. The largest absolute Gasteiger partial charge is 0.322 e. The van der Waals surface area contributed by atoms with Gasteiger partial charge >= 0.3 is 0 Å². The number of nitrogens with zero attached hydrogens (tertiary/aromatic N) is 3. The fraction of sp³-hybridized carbons (Fsp3) is 0.174. The van der Waals surface area contributed by atoms with Gasteiger partial charge in [-0.2, -0.15) is 0 Å². The first-order valence-corrected chi connectivity index (χ1v) is 12.7. The summed E-state index contributed by atoms with van der Waals surface area (Å²) in [5, 5.41) is 12.9. The molecule has 4 aromatic rings. The maximum atomic E-state index is 12.7. The lowest BCUT2D eigenvalue weighted by Gasteiger charge is -2.09. The number of amides is 1. The Morgan fingerprint density at radius 2 is 1.91 bits per heavy atom. The first-order valence-electron chi connectivity index (χ1n) is 10.4. The van der Waals surface area contributed by atoms with Crippen LogP contribution in [0.2, 0.25) is 0 Å². The summed E-state index contributed by atoms with van der Waals surface area (Å²) in [6, 6.07) is 17.1. The first-order chi connectivity index (χ1) is 16.0. The van der Waals surface area contributed by atoms with Gasteiger partial charge in [0.15, 0.2) is 5.82 Å².